The van der Waals surface area contributed by atoms with E-state index in [4.69, 9.17) is 0 Å². The van der Waals surface area contributed by atoms with Gasteiger partial charge in [-0.1, -0.05) is 0 Å². The van der Waals surface area contributed by atoms with Crippen LogP contribution in [0.15, 0.2) is 12.1 Å². The van der Waals surface area contributed by atoms with E-state index in [1.165, 1.54) is 12.1 Å². The number of nitro groups is 1. The fourth-order valence-electron chi connectivity index (χ4n) is 0.675. The van der Waals surface area contributed by atoms with Gasteiger partial charge in [0.15, 0.2) is 0 Å². The number of benzene rings is 1. The van der Waals surface area contributed by atoms with E-state index in [9.17, 15) is 14.5 Å². The lowest BCUT2D eigenvalue weighted by Gasteiger charge is -1.97. The van der Waals surface area contributed by atoms with Crippen molar-refractivity contribution in [2.75, 3.05) is 0 Å². The largest absolute Gasteiger partial charge is 0.286 e. The minimum atomic E-state index is -0.590. The van der Waals surface area contributed by atoms with Gasteiger partial charge in [0, 0.05) is 9.64 Å². The zero-order valence-electron chi connectivity index (χ0n) is 5.55. The molecular formula is C6H2FI2NO2. The molecule has 0 amide bonds. The third kappa shape index (κ3) is 2.03. The summed E-state index contributed by atoms with van der Waals surface area (Å²) in [6, 6.07) is 2.60. The summed E-state index contributed by atoms with van der Waals surface area (Å²) in [7, 11) is 0. The summed E-state index contributed by atoms with van der Waals surface area (Å²) in [6.45, 7) is 0. The quantitative estimate of drug-likeness (QED) is 0.319. The van der Waals surface area contributed by atoms with Gasteiger partial charge in [0.2, 0.25) is 0 Å². The van der Waals surface area contributed by atoms with Gasteiger partial charge in [-0.15, -0.1) is 0 Å². The Morgan fingerprint density at radius 3 is 2.50 bits per heavy atom. The van der Waals surface area contributed by atoms with E-state index in [2.05, 4.69) is 0 Å². The molecule has 0 aliphatic heterocycles. The van der Waals surface area contributed by atoms with E-state index >= 15 is 0 Å². The highest BCUT2D eigenvalue weighted by atomic mass is 127. The SMILES string of the molecule is O=[N+]([O-])c1cc(I)cc(F)c1I. The number of nitro benzene ring substituents is 1. The summed E-state index contributed by atoms with van der Waals surface area (Å²) in [4.78, 5) is 9.77. The molecule has 3 nitrogen and oxygen atoms in total. The van der Waals surface area contributed by atoms with Crippen LogP contribution >= 0.6 is 45.2 Å². The average molecular weight is 393 g/mol. The first kappa shape index (κ1) is 10.1. The number of halogens is 3. The van der Waals surface area contributed by atoms with Gasteiger partial charge in [0.05, 0.1) is 4.92 Å². The van der Waals surface area contributed by atoms with Crippen LogP contribution in [0.4, 0.5) is 10.1 Å². The van der Waals surface area contributed by atoms with Crippen molar-refractivity contribution in [3.8, 4) is 0 Å². The molecule has 0 aromatic heterocycles. The van der Waals surface area contributed by atoms with E-state index in [1.54, 1.807) is 22.6 Å². The lowest BCUT2D eigenvalue weighted by molar-refractivity contribution is -0.386. The molecule has 1 aromatic rings. The minimum absolute atomic E-state index is 0.0537. The summed E-state index contributed by atoms with van der Waals surface area (Å²) in [5.41, 5.74) is -0.181. The summed E-state index contributed by atoms with van der Waals surface area (Å²) < 4.78 is 13.5. The van der Waals surface area contributed by atoms with Crippen LogP contribution < -0.4 is 0 Å². The van der Waals surface area contributed by atoms with Crippen molar-refractivity contribution in [1.29, 1.82) is 0 Å². The average Bonchev–Trinajstić information content (AvgIpc) is 1.96. The lowest BCUT2D eigenvalue weighted by atomic mass is 10.3. The van der Waals surface area contributed by atoms with Gasteiger partial charge >= 0.3 is 0 Å². The summed E-state index contributed by atoms with van der Waals surface area (Å²) in [5, 5.41) is 10.4. The number of nitrogens with zero attached hydrogens (tertiary/aromatic N) is 1. The maximum absolute atomic E-state index is 12.9. The highest BCUT2D eigenvalue weighted by Crippen LogP contribution is 2.25. The van der Waals surface area contributed by atoms with E-state index in [0.717, 1.165) is 0 Å². The minimum Gasteiger partial charge on any atom is -0.258 e. The van der Waals surface area contributed by atoms with E-state index in [-0.39, 0.29) is 9.26 Å². The third-order valence-electron chi connectivity index (χ3n) is 1.17. The molecule has 0 radical (unpaired) electrons. The van der Waals surface area contributed by atoms with Gasteiger partial charge in [-0.25, -0.2) is 4.39 Å². The van der Waals surface area contributed by atoms with Gasteiger partial charge in [0.1, 0.15) is 9.39 Å². The molecular weight excluding hydrogens is 391 g/mol. The van der Waals surface area contributed by atoms with Crippen molar-refractivity contribution in [2.45, 2.75) is 0 Å². The zero-order chi connectivity index (χ0) is 9.30. The second-order valence-corrected chi connectivity index (χ2v) is 4.30. The Morgan fingerprint density at radius 1 is 1.42 bits per heavy atom. The maximum atomic E-state index is 12.9. The lowest BCUT2D eigenvalue weighted by Crippen LogP contribution is -1.95. The van der Waals surface area contributed by atoms with Crippen molar-refractivity contribution in [2.24, 2.45) is 0 Å². The van der Waals surface area contributed by atoms with Crippen LogP contribution in [0.2, 0.25) is 0 Å². The zero-order valence-corrected chi connectivity index (χ0v) is 9.87. The predicted octanol–water partition coefficient (Wildman–Crippen LogP) is 2.94. The Hall–Kier alpha value is 0.01000. The van der Waals surface area contributed by atoms with Crippen molar-refractivity contribution >= 4 is 50.9 Å². The normalized spacial score (nSPS) is 9.92. The first-order chi connectivity index (χ1) is 5.52. The molecule has 1 aromatic carbocycles. The van der Waals surface area contributed by atoms with Crippen LogP contribution in [0.3, 0.4) is 0 Å². The molecule has 0 aliphatic rings. The Balaban J connectivity index is 3.37. The molecule has 0 fully saturated rings. The van der Waals surface area contributed by atoms with Crippen LogP contribution in [0, 0.1) is 23.1 Å². The van der Waals surface area contributed by atoms with Crippen LogP contribution in [0.1, 0.15) is 0 Å². The molecule has 0 heterocycles. The van der Waals surface area contributed by atoms with Crippen LogP contribution in [0.25, 0.3) is 0 Å². The van der Waals surface area contributed by atoms with Crippen molar-refractivity contribution in [1.82, 2.24) is 0 Å². The second-order valence-electron chi connectivity index (χ2n) is 1.98. The van der Waals surface area contributed by atoms with E-state index in [1.807, 2.05) is 22.6 Å². The molecule has 0 aliphatic carbocycles. The molecule has 0 spiro atoms. The van der Waals surface area contributed by atoms with Crippen LogP contribution in [-0.2, 0) is 0 Å². The Bertz CT molecular complexity index is 343. The fourth-order valence-corrected chi connectivity index (χ4v) is 1.75. The topological polar surface area (TPSA) is 43.1 Å². The Morgan fingerprint density at radius 2 is 2.00 bits per heavy atom. The van der Waals surface area contributed by atoms with Crippen molar-refractivity contribution in [3.63, 3.8) is 0 Å². The Kier molecular flexibility index (Phi) is 3.21. The molecule has 64 valence electrons. The molecule has 6 heteroatoms. The maximum Gasteiger partial charge on any atom is 0.286 e. The highest BCUT2D eigenvalue weighted by molar-refractivity contribution is 14.1. The van der Waals surface area contributed by atoms with E-state index in [0.29, 0.717) is 3.57 Å². The molecule has 0 saturated heterocycles. The van der Waals surface area contributed by atoms with Gasteiger partial charge in [-0.3, -0.25) is 10.1 Å². The summed E-state index contributed by atoms with van der Waals surface area (Å²) in [6.07, 6.45) is 0. The Labute approximate surface area is 94.8 Å². The fraction of sp³-hybridized carbons (Fsp3) is 0. The standard InChI is InChI=1S/C6H2FI2NO2/c7-4-1-3(8)2-5(6(4)9)10(11)12/h1-2H. The highest BCUT2D eigenvalue weighted by Gasteiger charge is 2.16. The summed E-state index contributed by atoms with van der Waals surface area (Å²) >= 11 is 3.45. The van der Waals surface area contributed by atoms with Gasteiger partial charge in [0.25, 0.3) is 5.69 Å². The molecule has 0 unspecified atom stereocenters. The van der Waals surface area contributed by atoms with Gasteiger partial charge in [-0.05, 0) is 51.2 Å². The first-order valence-electron chi connectivity index (χ1n) is 2.81. The summed E-state index contributed by atoms with van der Waals surface area (Å²) in [5.74, 6) is -0.547. The van der Waals surface area contributed by atoms with Crippen molar-refractivity contribution in [3.05, 3.63) is 35.2 Å². The predicted molar refractivity (Wildman–Crippen MR) is 58.5 cm³/mol. The molecule has 1 rings (SSSR count). The van der Waals surface area contributed by atoms with Gasteiger partial charge < -0.3 is 0 Å². The van der Waals surface area contributed by atoms with Crippen molar-refractivity contribution < 1.29 is 9.31 Å². The van der Waals surface area contributed by atoms with E-state index < -0.39 is 10.7 Å². The number of rotatable bonds is 1. The third-order valence-corrected chi connectivity index (χ3v) is 2.86. The van der Waals surface area contributed by atoms with Crippen LogP contribution in [0.5, 0.6) is 0 Å². The van der Waals surface area contributed by atoms with Crippen LogP contribution in [-0.4, -0.2) is 4.92 Å². The molecule has 12 heavy (non-hydrogen) atoms. The smallest absolute Gasteiger partial charge is 0.258 e. The monoisotopic (exact) mass is 393 g/mol. The second kappa shape index (κ2) is 3.81. The number of hydrogen-bond donors (Lipinski definition) is 0. The molecule has 0 saturated carbocycles. The molecule has 0 bridgehead atoms. The molecule has 0 atom stereocenters. The molecule has 0 N–H and O–H groups in total. The number of hydrogen-bond acceptors (Lipinski definition) is 2. The first-order valence-corrected chi connectivity index (χ1v) is 4.97. The van der Waals surface area contributed by atoms with Gasteiger partial charge in [-0.2, -0.15) is 0 Å².